The van der Waals surface area contributed by atoms with Gasteiger partial charge in [-0.2, -0.15) is 0 Å². The fourth-order valence-electron chi connectivity index (χ4n) is 2.94. The number of carbonyl (C=O) groups excluding carboxylic acids is 1. The highest BCUT2D eigenvalue weighted by molar-refractivity contribution is 7.90. The number of methoxy groups -OCH3 is 1. The van der Waals surface area contributed by atoms with Crippen LogP contribution in [-0.4, -0.2) is 27.6 Å². The second-order valence-electron chi connectivity index (χ2n) is 5.80. The number of rotatable bonds is 4. The van der Waals surface area contributed by atoms with Crippen LogP contribution in [0.1, 0.15) is 24.0 Å². The lowest BCUT2D eigenvalue weighted by Gasteiger charge is -2.09. The molecule has 5 heteroatoms. The standard InChI is InChI=1S/C19H18O4S/c1-23-15-7-3-14(4-8-15)19-17(11-12-18(19)20)13-5-9-16(10-6-13)24(2,21)22/h3-10H,11-12H2,1-2H3. The molecule has 0 N–H and O–H groups in total. The Hall–Kier alpha value is -2.40. The van der Waals surface area contributed by atoms with Crippen LogP contribution in [-0.2, 0) is 14.6 Å². The predicted molar refractivity (Wildman–Crippen MR) is 93.6 cm³/mol. The van der Waals surface area contributed by atoms with E-state index >= 15 is 0 Å². The minimum absolute atomic E-state index is 0.113. The maximum atomic E-state index is 12.4. The fourth-order valence-corrected chi connectivity index (χ4v) is 3.57. The third kappa shape index (κ3) is 3.12. The lowest BCUT2D eigenvalue weighted by Crippen LogP contribution is -1.98. The Morgan fingerprint density at radius 2 is 1.46 bits per heavy atom. The number of sulfone groups is 1. The lowest BCUT2D eigenvalue weighted by molar-refractivity contribution is -0.113. The van der Waals surface area contributed by atoms with Crippen molar-refractivity contribution in [3.63, 3.8) is 0 Å². The van der Waals surface area contributed by atoms with Crippen LogP contribution in [0.3, 0.4) is 0 Å². The molecule has 0 saturated carbocycles. The summed E-state index contributed by atoms with van der Waals surface area (Å²) >= 11 is 0. The lowest BCUT2D eigenvalue weighted by atomic mass is 9.97. The van der Waals surface area contributed by atoms with Gasteiger partial charge in [-0.3, -0.25) is 4.79 Å². The number of hydrogen-bond donors (Lipinski definition) is 0. The summed E-state index contributed by atoms with van der Waals surface area (Å²) in [6.07, 6.45) is 2.33. The molecule has 0 saturated heterocycles. The second kappa shape index (κ2) is 6.24. The summed E-state index contributed by atoms with van der Waals surface area (Å²) in [7, 11) is -1.62. The van der Waals surface area contributed by atoms with Crippen molar-refractivity contribution in [2.75, 3.05) is 13.4 Å². The van der Waals surface area contributed by atoms with E-state index in [0.717, 1.165) is 22.4 Å². The van der Waals surface area contributed by atoms with Gasteiger partial charge in [0.25, 0.3) is 0 Å². The Balaban J connectivity index is 2.05. The van der Waals surface area contributed by atoms with E-state index in [2.05, 4.69) is 0 Å². The molecule has 2 aromatic rings. The molecule has 1 aliphatic rings. The summed E-state index contributed by atoms with van der Waals surface area (Å²) < 4.78 is 28.3. The van der Waals surface area contributed by atoms with Crippen LogP contribution < -0.4 is 4.74 Å². The first kappa shape index (κ1) is 16.5. The van der Waals surface area contributed by atoms with Crippen LogP contribution >= 0.6 is 0 Å². The van der Waals surface area contributed by atoms with Crippen LogP contribution in [0, 0.1) is 0 Å². The fraction of sp³-hybridized carbons (Fsp3) is 0.211. The number of ketones is 1. The average molecular weight is 342 g/mol. The highest BCUT2D eigenvalue weighted by Crippen LogP contribution is 2.38. The van der Waals surface area contributed by atoms with Gasteiger partial charge in [0.2, 0.25) is 0 Å². The zero-order chi connectivity index (χ0) is 17.3. The van der Waals surface area contributed by atoms with Crippen LogP contribution in [0.25, 0.3) is 11.1 Å². The number of ether oxygens (including phenoxy) is 1. The van der Waals surface area contributed by atoms with Gasteiger partial charge in [0.1, 0.15) is 5.75 Å². The molecule has 0 aromatic heterocycles. The van der Waals surface area contributed by atoms with Crippen molar-refractivity contribution < 1.29 is 17.9 Å². The summed E-state index contributed by atoms with van der Waals surface area (Å²) in [5.41, 5.74) is 3.43. The quantitative estimate of drug-likeness (QED) is 0.855. The van der Waals surface area contributed by atoms with Crippen LogP contribution in [0.5, 0.6) is 5.75 Å². The van der Waals surface area contributed by atoms with Gasteiger partial charge in [-0.15, -0.1) is 0 Å². The molecule has 0 unspecified atom stereocenters. The van der Waals surface area contributed by atoms with Crippen LogP contribution in [0.15, 0.2) is 53.4 Å². The zero-order valence-corrected chi connectivity index (χ0v) is 14.4. The predicted octanol–water partition coefficient (Wildman–Crippen LogP) is 3.37. The molecule has 0 heterocycles. The number of carbonyl (C=O) groups is 1. The molecule has 3 rings (SSSR count). The van der Waals surface area contributed by atoms with Crippen molar-refractivity contribution in [1.29, 1.82) is 0 Å². The Kier molecular flexibility index (Phi) is 4.28. The van der Waals surface area contributed by atoms with E-state index in [0.29, 0.717) is 18.4 Å². The first-order valence-electron chi connectivity index (χ1n) is 7.61. The molecule has 0 spiro atoms. The van der Waals surface area contributed by atoms with E-state index in [9.17, 15) is 13.2 Å². The SMILES string of the molecule is COc1ccc(C2=C(c3ccc(S(C)(=O)=O)cc3)CCC2=O)cc1. The van der Waals surface area contributed by atoms with Gasteiger partial charge in [-0.25, -0.2) is 8.42 Å². The summed E-state index contributed by atoms with van der Waals surface area (Å²) in [5, 5.41) is 0. The topological polar surface area (TPSA) is 60.4 Å². The van der Waals surface area contributed by atoms with E-state index in [1.807, 2.05) is 24.3 Å². The zero-order valence-electron chi connectivity index (χ0n) is 13.6. The van der Waals surface area contributed by atoms with E-state index < -0.39 is 9.84 Å². The largest absolute Gasteiger partial charge is 0.497 e. The van der Waals surface area contributed by atoms with E-state index in [-0.39, 0.29) is 10.7 Å². The van der Waals surface area contributed by atoms with E-state index in [4.69, 9.17) is 4.74 Å². The first-order chi connectivity index (χ1) is 11.4. The smallest absolute Gasteiger partial charge is 0.175 e. The van der Waals surface area contributed by atoms with Crippen molar-refractivity contribution in [3.8, 4) is 5.75 Å². The minimum Gasteiger partial charge on any atom is -0.497 e. The Labute approximate surface area is 141 Å². The number of hydrogen-bond acceptors (Lipinski definition) is 4. The van der Waals surface area contributed by atoms with Gasteiger partial charge < -0.3 is 4.74 Å². The summed E-state index contributed by atoms with van der Waals surface area (Å²) in [6.45, 7) is 0. The van der Waals surface area contributed by atoms with Gasteiger partial charge in [0, 0.05) is 18.2 Å². The Morgan fingerprint density at radius 1 is 0.875 bits per heavy atom. The molecular formula is C19H18O4S. The van der Waals surface area contributed by atoms with Crippen LogP contribution in [0.4, 0.5) is 0 Å². The molecule has 0 bridgehead atoms. The molecule has 124 valence electrons. The molecular weight excluding hydrogens is 324 g/mol. The van der Waals surface area contributed by atoms with Crippen molar-refractivity contribution in [2.45, 2.75) is 17.7 Å². The molecule has 4 nitrogen and oxygen atoms in total. The molecule has 0 aliphatic heterocycles. The monoisotopic (exact) mass is 342 g/mol. The maximum Gasteiger partial charge on any atom is 0.175 e. The third-order valence-electron chi connectivity index (χ3n) is 4.19. The average Bonchev–Trinajstić information content (AvgIpc) is 2.96. The number of allylic oxidation sites excluding steroid dienone is 2. The summed E-state index contributed by atoms with van der Waals surface area (Å²) in [5.74, 6) is 0.853. The van der Waals surface area contributed by atoms with Crippen molar-refractivity contribution in [2.24, 2.45) is 0 Å². The van der Waals surface area contributed by atoms with Gasteiger partial charge in [0.05, 0.1) is 12.0 Å². The molecule has 0 fully saturated rings. The van der Waals surface area contributed by atoms with Gasteiger partial charge >= 0.3 is 0 Å². The van der Waals surface area contributed by atoms with Gasteiger partial charge in [-0.05, 0) is 47.4 Å². The molecule has 0 amide bonds. The van der Waals surface area contributed by atoms with Crippen LogP contribution in [0.2, 0.25) is 0 Å². The van der Waals surface area contributed by atoms with Crippen molar-refractivity contribution in [3.05, 3.63) is 59.7 Å². The summed E-state index contributed by atoms with van der Waals surface area (Å²) in [4.78, 5) is 12.6. The molecule has 0 radical (unpaired) electrons. The maximum absolute atomic E-state index is 12.4. The molecule has 24 heavy (non-hydrogen) atoms. The number of Topliss-reactive ketones (excluding diaryl/α,β-unsaturated/α-hetero) is 1. The molecule has 1 aliphatic carbocycles. The highest BCUT2D eigenvalue weighted by Gasteiger charge is 2.25. The van der Waals surface area contributed by atoms with E-state index in [1.165, 1.54) is 6.26 Å². The first-order valence-corrected chi connectivity index (χ1v) is 9.50. The normalized spacial score (nSPS) is 15.0. The summed E-state index contributed by atoms with van der Waals surface area (Å²) in [6, 6.07) is 14.1. The Bertz CT molecular complexity index is 905. The van der Waals surface area contributed by atoms with Crippen molar-refractivity contribution >= 4 is 26.8 Å². The third-order valence-corrected chi connectivity index (χ3v) is 5.32. The second-order valence-corrected chi connectivity index (χ2v) is 7.82. The minimum atomic E-state index is -3.22. The Morgan fingerprint density at radius 3 is 2.00 bits per heavy atom. The van der Waals surface area contributed by atoms with Gasteiger partial charge in [-0.1, -0.05) is 24.3 Å². The number of benzene rings is 2. The molecule has 0 atom stereocenters. The van der Waals surface area contributed by atoms with Crippen molar-refractivity contribution in [1.82, 2.24) is 0 Å². The van der Waals surface area contributed by atoms with E-state index in [1.54, 1.807) is 31.4 Å². The van der Waals surface area contributed by atoms with Gasteiger partial charge in [0.15, 0.2) is 15.6 Å². The molecule has 2 aromatic carbocycles. The highest BCUT2D eigenvalue weighted by atomic mass is 32.2.